The summed E-state index contributed by atoms with van der Waals surface area (Å²) in [7, 11) is 0. The first-order chi connectivity index (χ1) is 7.73. The van der Waals surface area contributed by atoms with E-state index in [0.717, 1.165) is 17.1 Å². The third-order valence-electron chi connectivity index (χ3n) is 2.48. The van der Waals surface area contributed by atoms with Crippen LogP contribution in [0.4, 0.5) is 0 Å². The Bertz CT molecular complexity index is 345. The molecular formula is C13H18N2S. The first kappa shape index (κ1) is 13.1. The molecule has 1 aromatic carbocycles. The van der Waals surface area contributed by atoms with Crippen molar-refractivity contribution in [2.75, 3.05) is 11.5 Å². The molecule has 2 N–H and O–H groups in total. The Morgan fingerprint density at radius 1 is 1.31 bits per heavy atom. The molecule has 0 aliphatic rings. The minimum absolute atomic E-state index is 0.707. The van der Waals surface area contributed by atoms with Gasteiger partial charge in [0, 0.05) is 0 Å². The zero-order valence-electron chi connectivity index (χ0n) is 9.65. The van der Waals surface area contributed by atoms with Crippen molar-refractivity contribution >= 4 is 11.8 Å². The van der Waals surface area contributed by atoms with Crippen molar-refractivity contribution in [2.45, 2.75) is 25.3 Å². The summed E-state index contributed by atoms with van der Waals surface area (Å²) in [6.45, 7) is 2.16. The second kappa shape index (κ2) is 6.57. The molecule has 1 rings (SSSR count). The Kier molecular flexibility index (Phi) is 5.37. The van der Waals surface area contributed by atoms with Gasteiger partial charge in [-0.15, -0.1) is 0 Å². The SMILES string of the molecule is CCCSCCC(N)(C#N)c1ccccc1. The third kappa shape index (κ3) is 3.55. The Hall–Kier alpha value is -0.980. The highest BCUT2D eigenvalue weighted by Crippen LogP contribution is 2.23. The monoisotopic (exact) mass is 234 g/mol. The summed E-state index contributed by atoms with van der Waals surface area (Å²) in [5.41, 5.74) is 6.21. The standard InChI is InChI=1S/C13H18N2S/c1-2-9-16-10-8-13(15,11-14)12-6-4-3-5-7-12/h3-7H,2,8-10,15H2,1H3. The van der Waals surface area contributed by atoms with Crippen LogP contribution in [0, 0.1) is 11.3 Å². The summed E-state index contributed by atoms with van der Waals surface area (Å²) in [5, 5.41) is 9.21. The van der Waals surface area contributed by atoms with Crippen molar-refractivity contribution in [1.82, 2.24) is 0 Å². The molecule has 0 aliphatic heterocycles. The lowest BCUT2D eigenvalue weighted by Gasteiger charge is -2.21. The highest BCUT2D eigenvalue weighted by molar-refractivity contribution is 7.99. The number of thioether (sulfide) groups is 1. The van der Waals surface area contributed by atoms with Crippen LogP contribution in [0.25, 0.3) is 0 Å². The third-order valence-corrected chi connectivity index (χ3v) is 3.67. The van der Waals surface area contributed by atoms with Gasteiger partial charge in [-0.2, -0.15) is 17.0 Å². The first-order valence-corrected chi connectivity index (χ1v) is 6.72. The molecule has 86 valence electrons. The molecule has 0 saturated carbocycles. The van der Waals surface area contributed by atoms with Gasteiger partial charge in [0.25, 0.3) is 0 Å². The highest BCUT2D eigenvalue weighted by Gasteiger charge is 2.26. The summed E-state index contributed by atoms with van der Waals surface area (Å²) in [6, 6.07) is 11.9. The quantitative estimate of drug-likeness (QED) is 0.770. The molecule has 0 bridgehead atoms. The molecule has 3 heteroatoms. The lowest BCUT2D eigenvalue weighted by Crippen LogP contribution is -2.35. The van der Waals surface area contributed by atoms with Crippen LogP contribution in [0.2, 0.25) is 0 Å². The number of hydrogen-bond donors (Lipinski definition) is 1. The first-order valence-electron chi connectivity index (χ1n) is 5.56. The summed E-state index contributed by atoms with van der Waals surface area (Å²) in [6.07, 6.45) is 1.87. The van der Waals surface area contributed by atoms with E-state index in [1.54, 1.807) is 0 Å². The lowest BCUT2D eigenvalue weighted by atomic mass is 9.90. The van der Waals surface area contributed by atoms with Gasteiger partial charge in [0.15, 0.2) is 0 Å². The smallest absolute Gasteiger partial charge is 0.130 e. The normalized spacial score (nSPS) is 14.1. The molecule has 0 aromatic heterocycles. The van der Waals surface area contributed by atoms with E-state index in [-0.39, 0.29) is 0 Å². The maximum absolute atomic E-state index is 9.21. The van der Waals surface area contributed by atoms with E-state index in [9.17, 15) is 5.26 Å². The number of nitriles is 1. The summed E-state index contributed by atoms with van der Waals surface area (Å²) in [5.74, 6) is 2.07. The fourth-order valence-corrected chi connectivity index (χ4v) is 2.44. The van der Waals surface area contributed by atoms with Crippen LogP contribution in [0.15, 0.2) is 30.3 Å². The van der Waals surface area contributed by atoms with Gasteiger partial charge in [0.05, 0.1) is 6.07 Å². The Morgan fingerprint density at radius 2 is 2.00 bits per heavy atom. The van der Waals surface area contributed by atoms with Crippen molar-refractivity contribution in [3.8, 4) is 6.07 Å². The van der Waals surface area contributed by atoms with E-state index in [4.69, 9.17) is 5.73 Å². The van der Waals surface area contributed by atoms with Gasteiger partial charge < -0.3 is 5.73 Å². The van der Waals surface area contributed by atoms with E-state index < -0.39 is 5.54 Å². The predicted molar refractivity (Wildman–Crippen MR) is 70.2 cm³/mol. The molecule has 1 unspecified atom stereocenters. The van der Waals surface area contributed by atoms with Gasteiger partial charge in [-0.05, 0) is 29.9 Å². The molecule has 0 amide bonds. The molecular weight excluding hydrogens is 216 g/mol. The minimum Gasteiger partial charge on any atom is -0.310 e. The Labute approximate surface area is 102 Å². The van der Waals surface area contributed by atoms with Crippen molar-refractivity contribution in [3.63, 3.8) is 0 Å². The average molecular weight is 234 g/mol. The Morgan fingerprint density at radius 3 is 2.56 bits per heavy atom. The zero-order chi connectivity index (χ0) is 11.9. The zero-order valence-corrected chi connectivity index (χ0v) is 10.5. The van der Waals surface area contributed by atoms with Gasteiger partial charge in [-0.25, -0.2) is 0 Å². The van der Waals surface area contributed by atoms with Gasteiger partial charge in [0.2, 0.25) is 0 Å². The molecule has 1 atom stereocenters. The van der Waals surface area contributed by atoms with Crippen LogP contribution >= 0.6 is 11.8 Å². The van der Waals surface area contributed by atoms with Gasteiger partial charge in [0.1, 0.15) is 5.54 Å². The van der Waals surface area contributed by atoms with Crippen molar-refractivity contribution < 1.29 is 0 Å². The van der Waals surface area contributed by atoms with E-state index in [0.29, 0.717) is 6.42 Å². The van der Waals surface area contributed by atoms with E-state index >= 15 is 0 Å². The Balaban J connectivity index is 2.61. The number of nitrogens with two attached hydrogens (primary N) is 1. The molecule has 0 heterocycles. The number of hydrogen-bond acceptors (Lipinski definition) is 3. The maximum Gasteiger partial charge on any atom is 0.130 e. The molecule has 0 fully saturated rings. The second-order valence-corrected chi connectivity index (χ2v) is 5.04. The van der Waals surface area contributed by atoms with Crippen molar-refractivity contribution in [3.05, 3.63) is 35.9 Å². The van der Waals surface area contributed by atoms with E-state index in [1.165, 1.54) is 6.42 Å². The summed E-state index contributed by atoms with van der Waals surface area (Å²) in [4.78, 5) is 0. The van der Waals surface area contributed by atoms with Crippen LogP contribution < -0.4 is 5.73 Å². The van der Waals surface area contributed by atoms with Crippen LogP contribution in [0.1, 0.15) is 25.3 Å². The van der Waals surface area contributed by atoms with Crippen molar-refractivity contribution in [1.29, 1.82) is 5.26 Å². The lowest BCUT2D eigenvalue weighted by molar-refractivity contribution is 0.560. The summed E-state index contributed by atoms with van der Waals surface area (Å²) < 4.78 is 0. The van der Waals surface area contributed by atoms with Crippen molar-refractivity contribution in [2.24, 2.45) is 5.73 Å². The second-order valence-electron chi connectivity index (χ2n) is 3.81. The predicted octanol–water partition coefficient (Wildman–Crippen LogP) is 2.90. The molecule has 0 saturated heterocycles. The average Bonchev–Trinajstić information content (AvgIpc) is 2.35. The molecule has 0 aliphatic carbocycles. The van der Waals surface area contributed by atoms with Crippen LogP contribution in [-0.2, 0) is 5.54 Å². The molecule has 0 spiro atoms. The largest absolute Gasteiger partial charge is 0.310 e. The number of rotatable bonds is 6. The molecule has 16 heavy (non-hydrogen) atoms. The fourth-order valence-electron chi connectivity index (χ4n) is 1.48. The molecule has 0 radical (unpaired) electrons. The number of benzene rings is 1. The fraction of sp³-hybridized carbons (Fsp3) is 0.462. The number of nitrogens with zero attached hydrogens (tertiary/aromatic N) is 1. The summed E-state index contributed by atoms with van der Waals surface area (Å²) >= 11 is 1.86. The van der Waals surface area contributed by atoms with E-state index in [1.807, 2.05) is 42.1 Å². The van der Waals surface area contributed by atoms with Gasteiger partial charge >= 0.3 is 0 Å². The van der Waals surface area contributed by atoms with E-state index in [2.05, 4.69) is 13.0 Å². The topological polar surface area (TPSA) is 49.8 Å². The molecule has 1 aromatic rings. The van der Waals surface area contributed by atoms with Gasteiger partial charge in [-0.3, -0.25) is 0 Å². The van der Waals surface area contributed by atoms with Crippen LogP contribution in [-0.4, -0.2) is 11.5 Å². The minimum atomic E-state index is -0.831. The highest BCUT2D eigenvalue weighted by atomic mass is 32.2. The maximum atomic E-state index is 9.21. The van der Waals surface area contributed by atoms with Crippen LogP contribution in [0.3, 0.4) is 0 Å². The van der Waals surface area contributed by atoms with Gasteiger partial charge in [-0.1, -0.05) is 37.3 Å². The molecule has 2 nitrogen and oxygen atoms in total. The van der Waals surface area contributed by atoms with Crippen LogP contribution in [0.5, 0.6) is 0 Å².